The first-order valence-corrected chi connectivity index (χ1v) is 5.43. The summed E-state index contributed by atoms with van der Waals surface area (Å²) < 4.78 is 0. The molecule has 17 heavy (non-hydrogen) atoms. The second-order valence-electron chi connectivity index (χ2n) is 3.44. The van der Waals surface area contributed by atoms with Crippen molar-refractivity contribution in [2.24, 2.45) is 16.5 Å². The van der Waals surface area contributed by atoms with E-state index in [-0.39, 0.29) is 11.1 Å². The highest BCUT2D eigenvalue weighted by atomic mass is 32.1. The van der Waals surface area contributed by atoms with E-state index in [1.165, 1.54) is 0 Å². The molecule has 0 aliphatic carbocycles. The minimum Gasteiger partial charge on any atom is -0.370 e. The molecule has 0 radical (unpaired) electrons. The third-order valence-corrected chi connectivity index (χ3v) is 2.11. The highest BCUT2D eigenvalue weighted by Crippen LogP contribution is 2.01. The van der Waals surface area contributed by atoms with Crippen LogP contribution < -0.4 is 16.8 Å². The SMILES string of the molecule is C=C(CNC(=S)N=C(N)N)Cc1ccccn1. The van der Waals surface area contributed by atoms with Crippen molar-refractivity contribution in [1.82, 2.24) is 10.3 Å². The summed E-state index contributed by atoms with van der Waals surface area (Å²) in [4.78, 5) is 7.90. The summed E-state index contributed by atoms with van der Waals surface area (Å²) in [6.07, 6.45) is 2.44. The lowest BCUT2D eigenvalue weighted by atomic mass is 10.1. The zero-order chi connectivity index (χ0) is 12.7. The Morgan fingerprint density at radius 3 is 2.82 bits per heavy atom. The fraction of sp³-hybridized carbons (Fsp3) is 0.182. The van der Waals surface area contributed by atoms with Crippen molar-refractivity contribution < 1.29 is 0 Å². The van der Waals surface area contributed by atoms with Gasteiger partial charge in [0.2, 0.25) is 0 Å². The summed E-state index contributed by atoms with van der Waals surface area (Å²) in [6.45, 7) is 4.45. The third-order valence-electron chi connectivity index (χ3n) is 1.88. The standard InChI is InChI=1S/C11H15N5S/c1-8(6-9-4-2-3-5-14-9)7-15-11(17)16-10(12)13/h2-5H,1,6-7H2,(H5,12,13,15,16,17). The van der Waals surface area contributed by atoms with Crippen molar-refractivity contribution in [3.05, 3.63) is 42.2 Å². The van der Waals surface area contributed by atoms with Crippen LogP contribution in [0.25, 0.3) is 0 Å². The second kappa shape index (κ2) is 6.59. The van der Waals surface area contributed by atoms with E-state index in [1.54, 1.807) is 6.20 Å². The lowest BCUT2D eigenvalue weighted by Gasteiger charge is -2.07. The average molecular weight is 249 g/mol. The molecule has 90 valence electrons. The van der Waals surface area contributed by atoms with Crippen molar-refractivity contribution >= 4 is 23.3 Å². The Balaban J connectivity index is 2.36. The lowest BCUT2D eigenvalue weighted by molar-refractivity contribution is 0.925. The van der Waals surface area contributed by atoms with Crippen molar-refractivity contribution in [3.8, 4) is 0 Å². The van der Waals surface area contributed by atoms with Crippen molar-refractivity contribution in [1.29, 1.82) is 0 Å². The predicted molar refractivity (Wildman–Crippen MR) is 73.5 cm³/mol. The van der Waals surface area contributed by atoms with Gasteiger partial charge in [0, 0.05) is 24.9 Å². The molecular formula is C11H15N5S. The Labute approximate surface area is 106 Å². The molecule has 0 bridgehead atoms. The normalized spacial score (nSPS) is 9.41. The van der Waals surface area contributed by atoms with E-state index in [0.29, 0.717) is 13.0 Å². The number of thiocarbonyl (C=S) groups is 1. The van der Waals surface area contributed by atoms with E-state index in [4.69, 9.17) is 23.7 Å². The van der Waals surface area contributed by atoms with Gasteiger partial charge in [0.05, 0.1) is 0 Å². The number of aromatic nitrogens is 1. The Morgan fingerprint density at radius 1 is 1.47 bits per heavy atom. The molecule has 5 nitrogen and oxygen atoms in total. The van der Waals surface area contributed by atoms with E-state index in [0.717, 1.165) is 11.3 Å². The third kappa shape index (κ3) is 5.62. The molecule has 1 aromatic heterocycles. The molecule has 0 aliphatic rings. The highest BCUT2D eigenvalue weighted by Gasteiger charge is 1.99. The molecule has 0 aliphatic heterocycles. The molecule has 1 aromatic rings. The number of nitrogens with zero attached hydrogens (tertiary/aromatic N) is 2. The van der Waals surface area contributed by atoms with Crippen LogP contribution in [-0.4, -0.2) is 22.6 Å². The van der Waals surface area contributed by atoms with Crippen molar-refractivity contribution in [2.45, 2.75) is 6.42 Å². The van der Waals surface area contributed by atoms with Crippen LogP contribution in [0.1, 0.15) is 5.69 Å². The van der Waals surface area contributed by atoms with E-state index in [9.17, 15) is 0 Å². The molecule has 5 N–H and O–H groups in total. The van der Waals surface area contributed by atoms with E-state index in [2.05, 4.69) is 21.9 Å². The minimum absolute atomic E-state index is 0.0576. The van der Waals surface area contributed by atoms with E-state index in [1.807, 2.05) is 18.2 Å². The molecule has 6 heteroatoms. The molecule has 0 aromatic carbocycles. The van der Waals surface area contributed by atoms with Crippen LogP contribution in [0, 0.1) is 0 Å². The molecule has 0 atom stereocenters. The fourth-order valence-corrected chi connectivity index (χ4v) is 1.36. The van der Waals surface area contributed by atoms with Gasteiger partial charge in [-0.15, -0.1) is 0 Å². The Morgan fingerprint density at radius 2 is 2.24 bits per heavy atom. The van der Waals surface area contributed by atoms with Crippen LogP contribution in [-0.2, 0) is 6.42 Å². The molecule has 0 saturated heterocycles. The molecule has 1 heterocycles. The second-order valence-corrected chi connectivity index (χ2v) is 3.83. The number of hydrogen-bond acceptors (Lipinski definition) is 2. The predicted octanol–water partition coefficient (Wildman–Crippen LogP) is 0.328. The van der Waals surface area contributed by atoms with Crippen LogP contribution in [0.2, 0.25) is 0 Å². The lowest BCUT2D eigenvalue weighted by Crippen LogP contribution is -2.29. The van der Waals surface area contributed by atoms with Gasteiger partial charge in [0.1, 0.15) is 0 Å². The first-order chi connectivity index (χ1) is 8.08. The van der Waals surface area contributed by atoms with E-state index >= 15 is 0 Å². The summed E-state index contributed by atoms with van der Waals surface area (Å²) in [5, 5.41) is 3.15. The number of nitrogens with one attached hydrogen (secondary N) is 1. The highest BCUT2D eigenvalue weighted by molar-refractivity contribution is 7.80. The first-order valence-electron chi connectivity index (χ1n) is 5.02. The van der Waals surface area contributed by atoms with Gasteiger partial charge >= 0.3 is 0 Å². The smallest absolute Gasteiger partial charge is 0.196 e. The molecule has 0 spiro atoms. The number of aliphatic imine (C=N–C) groups is 1. The largest absolute Gasteiger partial charge is 0.370 e. The van der Waals surface area contributed by atoms with Crippen molar-refractivity contribution in [3.63, 3.8) is 0 Å². The molecule has 0 saturated carbocycles. The van der Waals surface area contributed by atoms with Gasteiger partial charge in [-0.2, -0.15) is 4.99 Å². The summed E-state index contributed by atoms with van der Waals surface area (Å²) >= 11 is 4.90. The molecule has 1 rings (SSSR count). The number of nitrogens with two attached hydrogens (primary N) is 2. The van der Waals surface area contributed by atoms with Gasteiger partial charge in [-0.3, -0.25) is 4.98 Å². The maximum absolute atomic E-state index is 5.19. The van der Waals surface area contributed by atoms with Gasteiger partial charge < -0.3 is 16.8 Å². The van der Waals surface area contributed by atoms with Gasteiger partial charge in [0.25, 0.3) is 0 Å². The zero-order valence-corrected chi connectivity index (χ0v) is 10.2. The summed E-state index contributed by atoms with van der Waals surface area (Å²) in [7, 11) is 0. The van der Waals surface area contributed by atoms with E-state index < -0.39 is 0 Å². The molecule has 0 unspecified atom stereocenters. The van der Waals surface area contributed by atoms with Crippen LogP contribution in [0.5, 0.6) is 0 Å². The number of rotatable bonds is 4. The molecule has 0 fully saturated rings. The average Bonchev–Trinajstić information content (AvgIpc) is 2.27. The topological polar surface area (TPSA) is 89.3 Å². The Hall–Kier alpha value is -1.95. The Kier molecular flexibility index (Phi) is 5.09. The fourth-order valence-electron chi connectivity index (χ4n) is 1.18. The monoisotopic (exact) mass is 249 g/mol. The zero-order valence-electron chi connectivity index (χ0n) is 9.39. The number of guanidine groups is 1. The van der Waals surface area contributed by atoms with Crippen LogP contribution in [0.4, 0.5) is 0 Å². The number of pyridine rings is 1. The quantitative estimate of drug-likeness (QED) is 0.310. The van der Waals surface area contributed by atoms with Gasteiger partial charge in [-0.1, -0.05) is 18.2 Å². The first kappa shape index (κ1) is 13.1. The van der Waals surface area contributed by atoms with Gasteiger partial charge in [0.15, 0.2) is 11.1 Å². The van der Waals surface area contributed by atoms with Gasteiger partial charge in [-0.05, 0) is 24.4 Å². The minimum atomic E-state index is -0.0576. The Bertz CT molecular complexity index is 423. The maximum atomic E-state index is 5.19. The van der Waals surface area contributed by atoms with Gasteiger partial charge in [-0.25, -0.2) is 0 Å². The van der Waals surface area contributed by atoms with Crippen LogP contribution in [0.15, 0.2) is 41.5 Å². The van der Waals surface area contributed by atoms with Crippen LogP contribution >= 0.6 is 12.2 Å². The molecular weight excluding hydrogens is 234 g/mol. The maximum Gasteiger partial charge on any atom is 0.196 e. The molecule has 0 amide bonds. The summed E-state index contributed by atoms with van der Waals surface area (Å²) in [5.41, 5.74) is 12.3. The summed E-state index contributed by atoms with van der Waals surface area (Å²) in [6, 6.07) is 5.75. The van der Waals surface area contributed by atoms with Crippen LogP contribution in [0.3, 0.4) is 0 Å². The number of hydrogen-bond donors (Lipinski definition) is 3. The van der Waals surface area contributed by atoms with Crippen molar-refractivity contribution in [2.75, 3.05) is 6.54 Å². The summed E-state index contributed by atoms with van der Waals surface area (Å²) in [5.74, 6) is -0.0576.